The molecule has 6 N–H and O–H groups in total. The number of hydrogen-bond donors (Lipinski definition) is 5. The standard InChI is InChI=1S/C10H15N3O6/c1-4-2-13(9(18)12-8(4)17)10(11)7(16)6(15)5(3-14)19-10/h2,5-7,14-16H,3,11H2,1H3,(H,12,17,18)/t5-,6-,7-,10+/m1/s1. The highest BCUT2D eigenvalue weighted by Gasteiger charge is 2.53. The Labute approximate surface area is 106 Å². The summed E-state index contributed by atoms with van der Waals surface area (Å²) in [5.41, 5.74) is 4.51. The molecule has 0 unspecified atom stereocenters. The van der Waals surface area contributed by atoms with Gasteiger partial charge in [-0.3, -0.25) is 20.1 Å². The van der Waals surface area contributed by atoms with E-state index in [2.05, 4.69) is 0 Å². The minimum Gasteiger partial charge on any atom is -0.394 e. The molecule has 106 valence electrons. The third kappa shape index (κ3) is 2.01. The van der Waals surface area contributed by atoms with Crippen molar-refractivity contribution in [3.8, 4) is 0 Å². The molecule has 1 aromatic heterocycles. The van der Waals surface area contributed by atoms with E-state index < -0.39 is 42.0 Å². The van der Waals surface area contributed by atoms with E-state index in [0.717, 1.165) is 10.8 Å². The molecule has 1 aromatic rings. The van der Waals surface area contributed by atoms with Gasteiger partial charge in [0.25, 0.3) is 5.56 Å². The molecule has 0 amide bonds. The summed E-state index contributed by atoms with van der Waals surface area (Å²) in [6.45, 7) is 0.869. The first-order valence-corrected chi connectivity index (χ1v) is 5.58. The molecular formula is C10H15N3O6. The summed E-state index contributed by atoms with van der Waals surface area (Å²) in [6, 6.07) is 0. The number of aliphatic hydroxyl groups excluding tert-OH is 3. The fourth-order valence-electron chi connectivity index (χ4n) is 2.00. The second kappa shape index (κ2) is 4.54. The highest BCUT2D eigenvalue weighted by atomic mass is 16.6. The first-order valence-electron chi connectivity index (χ1n) is 5.58. The number of aliphatic hydroxyl groups is 3. The van der Waals surface area contributed by atoms with Gasteiger partial charge in [-0.15, -0.1) is 0 Å². The van der Waals surface area contributed by atoms with E-state index in [0.29, 0.717) is 0 Å². The summed E-state index contributed by atoms with van der Waals surface area (Å²) in [5, 5.41) is 28.6. The fourth-order valence-corrected chi connectivity index (χ4v) is 2.00. The van der Waals surface area contributed by atoms with Crippen molar-refractivity contribution in [3.05, 3.63) is 32.6 Å². The lowest BCUT2D eigenvalue weighted by Crippen LogP contribution is -2.57. The van der Waals surface area contributed by atoms with Gasteiger partial charge in [-0.2, -0.15) is 0 Å². The normalized spacial score (nSPS) is 34.7. The fraction of sp³-hybridized carbons (Fsp3) is 0.600. The number of aryl methyl sites for hydroxylation is 1. The highest BCUT2D eigenvalue weighted by Crippen LogP contribution is 2.29. The van der Waals surface area contributed by atoms with E-state index in [9.17, 15) is 19.8 Å². The van der Waals surface area contributed by atoms with Crippen LogP contribution in [0.4, 0.5) is 0 Å². The maximum absolute atomic E-state index is 11.7. The zero-order chi connectivity index (χ0) is 14.4. The average molecular weight is 273 g/mol. The second-order valence-electron chi connectivity index (χ2n) is 4.47. The first-order chi connectivity index (χ1) is 8.81. The number of rotatable bonds is 2. The molecule has 0 spiro atoms. The zero-order valence-electron chi connectivity index (χ0n) is 10.1. The molecule has 1 saturated heterocycles. The molecular weight excluding hydrogens is 258 g/mol. The van der Waals surface area contributed by atoms with Crippen molar-refractivity contribution in [2.45, 2.75) is 31.1 Å². The quantitative estimate of drug-likeness (QED) is 0.375. The molecule has 0 radical (unpaired) electrons. The topological polar surface area (TPSA) is 151 Å². The molecule has 1 aliphatic rings. The van der Waals surface area contributed by atoms with E-state index in [1.807, 2.05) is 4.98 Å². The van der Waals surface area contributed by atoms with Gasteiger partial charge in [-0.1, -0.05) is 0 Å². The summed E-state index contributed by atoms with van der Waals surface area (Å²) < 4.78 is 5.94. The summed E-state index contributed by atoms with van der Waals surface area (Å²) in [7, 11) is 0. The second-order valence-corrected chi connectivity index (χ2v) is 4.47. The van der Waals surface area contributed by atoms with Crippen LogP contribution in [0.25, 0.3) is 0 Å². The van der Waals surface area contributed by atoms with Crippen LogP contribution in [0.1, 0.15) is 5.56 Å². The van der Waals surface area contributed by atoms with Crippen molar-refractivity contribution in [3.63, 3.8) is 0 Å². The number of nitrogens with two attached hydrogens (primary N) is 1. The van der Waals surface area contributed by atoms with Crippen molar-refractivity contribution in [1.82, 2.24) is 9.55 Å². The average Bonchev–Trinajstić information content (AvgIpc) is 2.59. The van der Waals surface area contributed by atoms with Gasteiger partial charge in [-0.25, -0.2) is 4.79 Å². The number of aromatic amines is 1. The Balaban J connectivity index is 2.55. The monoisotopic (exact) mass is 273 g/mol. The Bertz CT molecular complexity index is 596. The Morgan fingerprint density at radius 1 is 1.53 bits per heavy atom. The van der Waals surface area contributed by atoms with Crippen LogP contribution in [-0.4, -0.2) is 49.8 Å². The predicted molar refractivity (Wildman–Crippen MR) is 62.2 cm³/mol. The molecule has 4 atom stereocenters. The molecule has 0 aliphatic carbocycles. The van der Waals surface area contributed by atoms with Crippen molar-refractivity contribution < 1.29 is 20.1 Å². The number of ether oxygens (including phenoxy) is 1. The molecule has 1 fully saturated rings. The smallest absolute Gasteiger partial charge is 0.331 e. The van der Waals surface area contributed by atoms with Crippen LogP contribution >= 0.6 is 0 Å². The molecule has 0 bridgehead atoms. The lowest BCUT2D eigenvalue weighted by molar-refractivity contribution is -0.146. The molecule has 9 heteroatoms. The van der Waals surface area contributed by atoms with Crippen LogP contribution in [0.2, 0.25) is 0 Å². The SMILES string of the molecule is Cc1cn([C@]2(N)O[C@H](CO)[C@@H](O)[C@H]2O)c(=O)[nH]c1=O. The number of H-pyrrole nitrogens is 1. The van der Waals surface area contributed by atoms with Crippen LogP contribution in [0.3, 0.4) is 0 Å². The Kier molecular flexibility index (Phi) is 3.32. The molecule has 9 nitrogen and oxygen atoms in total. The van der Waals surface area contributed by atoms with Gasteiger partial charge in [0.05, 0.1) is 6.61 Å². The van der Waals surface area contributed by atoms with Crippen molar-refractivity contribution in [1.29, 1.82) is 0 Å². The van der Waals surface area contributed by atoms with Crippen LogP contribution in [0.15, 0.2) is 15.8 Å². The Morgan fingerprint density at radius 2 is 2.16 bits per heavy atom. The maximum Gasteiger partial charge on any atom is 0.331 e. The van der Waals surface area contributed by atoms with Crippen LogP contribution in [-0.2, 0) is 10.6 Å². The van der Waals surface area contributed by atoms with Crippen LogP contribution in [0, 0.1) is 6.92 Å². The lowest BCUT2D eigenvalue weighted by atomic mass is 10.1. The van der Waals surface area contributed by atoms with E-state index in [-0.39, 0.29) is 5.56 Å². The summed E-state index contributed by atoms with van der Waals surface area (Å²) in [4.78, 5) is 25.0. The minimum atomic E-state index is -2.06. The predicted octanol–water partition coefficient (Wildman–Crippen LogP) is -3.47. The van der Waals surface area contributed by atoms with Crippen molar-refractivity contribution in [2.24, 2.45) is 5.73 Å². The Morgan fingerprint density at radius 3 is 2.68 bits per heavy atom. The van der Waals surface area contributed by atoms with Crippen LogP contribution < -0.4 is 17.0 Å². The van der Waals surface area contributed by atoms with E-state index >= 15 is 0 Å². The first kappa shape index (κ1) is 13.9. The summed E-state index contributed by atoms with van der Waals surface area (Å²) in [6.07, 6.45) is -3.09. The summed E-state index contributed by atoms with van der Waals surface area (Å²) in [5.74, 6) is -2.06. The lowest BCUT2D eigenvalue weighted by Gasteiger charge is -2.29. The van der Waals surface area contributed by atoms with E-state index in [1.54, 1.807) is 0 Å². The highest BCUT2D eigenvalue weighted by molar-refractivity contribution is 5.05. The number of hydrogen-bond acceptors (Lipinski definition) is 7. The van der Waals surface area contributed by atoms with Gasteiger partial charge < -0.3 is 20.1 Å². The van der Waals surface area contributed by atoms with Gasteiger partial charge in [0.2, 0.25) is 5.85 Å². The number of aromatic nitrogens is 2. The molecule has 19 heavy (non-hydrogen) atoms. The van der Waals surface area contributed by atoms with E-state index in [1.165, 1.54) is 6.92 Å². The molecule has 0 saturated carbocycles. The van der Waals surface area contributed by atoms with Gasteiger partial charge in [0.1, 0.15) is 18.3 Å². The number of nitrogens with zero attached hydrogens (tertiary/aromatic N) is 1. The van der Waals surface area contributed by atoms with Crippen LogP contribution in [0.5, 0.6) is 0 Å². The summed E-state index contributed by atoms with van der Waals surface area (Å²) >= 11 is 0. The van der Waals surface area contributed by atoms with Gasteiger partial charge in [0.15, 0.2) is 0 Å². The zero-order valence-corrected chi connectivity index (χ0v) is 10.1. The third-order valence-electron chi connectivity index (χ3n) is 3.14. The largest absolute Gasteiger partial charge is 0.394 e. The van der Waals surface area contributed by atoms with Gasteiger partial charge in [0, 0.05) is 11.8 Å². The molecule has 1 aliphatic heterocycles. The Hall–Kier alpha value is -1.52. The van der Waals surface area contributed by atoms with Gasteiger partial charge >= 0.3 is 5.69 Å². The van der Waals surface area contributed by atoms with E-state index in [4.69, 9.17) is 15.6 Å². The molecule has 2 rings (SSSR count). The minimum absolute atomic E-state index is 0.183. The van der Waals surface area contributed by atoms with Crippen molar-refractivity contribution in [2.75, 3.05) is 6.61 Å². The maximum atomic E-state index is 11.7. The number of nitrogens with one attached hydrogen (secondary N) is 1. The van der Waals surface area contributed by atoms with Crippen molar-refractivity contribution >= 4 is 0 Å². The molecule has 2 heterocycles. The third-order valence-corrected chi connectivity index (χ3v) is 3.14. The van der Waals surface area contributed by atoms with Gasteiger partial charge in [-0.05, 0) is 6.92 Å². The molecule has 0 aromatic carbocycles.